The lowest BCUT2D eigenvalue weighted by Crippen LogP contribution is -2.33. The van der Waals surface area contributed by atoms with Crippen LogP contribution in [-0.2, 0) is 10.8 Å². The predicted molar refractivity (Wildman–Crippen MR) is 230 cm³/mol. The first-order valence-electron chi connectivity index (χ1n) is 19.1. The Bertz CT molecular complexity index is 2940. The molecule has 0 N–H and O–H groups in total. The van der Waals surface area contributed by atoms with Gasteiger partial charge in [0, 0.05) is 47.8 Å². The van der Waals surface area contributed by atoms with E-state index < -0.39 is 0 Å². The van der Waals surface area contributed by atoms with Gasteiger partial charge in [-0.25, -0.2) is 19.9 Å². The van der Waals surface area contributed by atoms with Crippen LogP contribution in [-0.4, -0.2) is 19.9 Å². The van der Waals surface area contributed by atoms with Crippen LogP contribution >= 0.6 is 11.3 Å². The summed E-state index contributed by atoms with van der Waals surface area (Å²) in [6.45, 7) is 9.54. The van der Waals surface area contributed by atoms with Gasteiger partial charge in [-0.3, -0.25) is 0 Å². The summed E-state index contributed by atoms with van der Waals surface area (Å²) in [4.78, 5) is 20.9. The van der Waals surface area contributed by atoms with Gasteiger partial charge in [0.2, 0.25) is 0 Å². The van der Waals surface area contributed by atoms with E-state index in [2.05, 4.69) is 149 Å². The molecule has 0 bridgehead atoms. The lowest BCUT2D eigenvalue weighted by Gasteiger charge is -2.42. The molecule has 0 unspecified atom stereocenters. The van der Waals surface area contributed by atoms with Gasteiger partial charge in [0.15, 0.2) is 17.5 Å². The van der Waals surface area contributed by atoms with E-state index >= 15 is 0 Å². The van der Waals surface area contributed by atoms with Crippen molar-refractivity contribution in [3.05, 3.63) is 157 Å². The highest BCUT2D eigenvalue weighted by Gasteiger charge is 2.37. The van der Waals surface area contributed by atoms with E-state index in [0.717, 1.165) is 50.8 Å². The summed E-state index contributed by atoms with van der Waals surface area (Å²) >= 11 is 1.79. The zero-order valence-corrected chi connectivity index (χ0v) is 32.3. The lowest BCUT2D eigenvalue weighted by atomic mass is 9.63. The smallest absolute Gasteiger partial charge is 0.165 e. The third-order valence-electron chi connectivity index (χ3n) is 11.6. The van der Waals surface area contributed by atoms with Gasteiger partial charge in [0.1, 0.15) is 0 Å². The van der Waals surface area contributed by atoms with Crippen LogP contribution in [0.5, 0.6) is 0 Å². The van der Waals surface area contributed by atoms with Crippen molar-refractivity contribution in [3.8, 4) is 56.5 Å². The van der Waals surface area contributed by atoms with E-state index in [1.54, 1.807) is 11.3 Å². The fraction of sp³-hybridized carbons (Fsp3) is 0.160. The maximum absolute atomic E-state index is 5.32. The normalized spacial score (nSPS) is 14.7. The van der Waals surface area contributed by atoms with Crippen LogP contribution in [0.1, 0.15) is 51.7 Å². The van der Waals surface area contributed by atoms with Crippen LogP contribution in [0.15, 0.2) is 146 Å². The third-order valence-corrected chi connectivity index (χ3v) is 12.8. The highest BCUT2D eigenvalue weighted by atomic mass is 32.1. The number of hydrogen-bond donors (Lipinski definition) is 0. The van der Waals surface area contributed by atoms with E-state index in [9.17, 15) is 0 Å². The Kier molecular flexibility index (Phi) is 7.79. The Morgan fingerprint density at radius 3 is 1.98 bits per heavy atom. The van der Waals surface area contributed by atoms with E-state index in [-0.39, 0.29) is 10.8 Å². The largest absolute Gasteiger partial charge is 0.248 e. The van der Waals surface area contributed by atoms with Crippen molar-refractivity contribution >= 4 is 42.4 Å². The molecular weight excluding hydrogens is 689 g/mol. The van der Waals surface area contributed by atoms with E-state index in [4.69, 9.17) is 19.9 Å². The SMILES string of the molecule is CC1(C)CCC(C)(C)c2cc(-c3cc(-c4ccc5ccccc5n4)cc(-c4nc(-c5ccccc5)nc(-c5cccc6c5sc5ccccc56)n4)c3)ccc21. The molecule has 0 aliphatic heterocycles. The highest BCUT2D eigenvalue weighted by molar-refractivity contribution is 7.26. The first-order valence-corrected chi connectivity index (χ1v) is 19.9. The maximum Gasteiger partial charge on any atom is 0.165 e. The molecule has 55 heavy (non-hydrogen) atoms. The molecule has 4 nitrogen and oxygen atoms in total. The minimum absolute atomic E-state index is 0.0858. The van der Waals surface area contributed by atoms with Gasteiger partial charge in [0.05, 0.1) is 11.2 Å². The number of rotatable bonds is 5. The zero-order valence-electron chi connectivity index (χ0n) is 31.5. The Morgan fingerprint density at radius 1 is 0.455 bits per heavy atom. The van der Waals surface area contributed by atoms with Crippen LogP contribution in [0.2, 0.25) is 0 Å². The standard InChI is InChI=1S/C50H40N4S/c1-49(2)25-26-50(3,4)41-30-33(21-23-40(41)49)34-27-35(43-24-22-31-13-8-10-19-42(31)51-43)29-36(28-34)47-52-46(32-14-6-5-7-15-32)53-48(54-47)39-18-12-17-38-37-16-9-11-20-44(37)55-45(38)39/h5-24,27-30H,25-26H2,1-4H3. The number of thiophene rings is 1. The van der Waals surface area contributed by atoms with Gasteiger partial charge < -0.3 is 0 Å². The first-order chi connectivity index (χ1) is 26.7. The summed E-state index contributed by atoms with van der Waals surface area (Å²) in [5.74, 6) is 1.94. The second-order valence-electron chi connectivity index (χ2n) is 16.2. The second-order valence-corrected chi connectivity index (χ2v) is 17.2. The zero-order chi connectivity index (χ0) is 37.3. The Balaban J connectivity index is 1.21. The molecule has 3 aromatic heterocycles. The topological polar surface area (TPSA) is 51.6 Å². The van der Waals surface area contributed by atoms with Gasteiger partial charge >= 0.3 is 0 Å². The Morgan fingerprint density at radius 2 is 1.13 bits per heavy atom. The van der Waals surface area contributed by atoms with Gasteiger partial charge in [0.25, 0.3) is 0 Å². The van der Waals surface area contributed by atoms with Gasteiger partial charge in [-0.2, -0.15) is 0 Å². The molecule has 1 aliphatic rings. The molecule has 3 heterocycles. The summed E-state index contributed by atoms with van der Waals surface area (Å²) in [7, 11) is 0. The summed E-state index contributed by atoms with van der Waals surface area (Å²) in [5, 5.41) is 3.58. The van der Waals surface area contributed by atoms with Crippen molar-refractivity contribution in [1.29, 1.82) is 0 Å². The lowest BCUT2D eigenvalue weighted by molar-refractivity contribution is 0.332. The summed E-state index contributed by atoms with van der Waals surface area (Å²) in [6, 6.07) is 51.7. The van der Waals surface area contributed by atoms with Crippen molar-refractivity contribution in [1.82, 2.24) is 19.9 Å². The summed E-state index contributed by atoms with van der Waals surface area (Å²) in [5.41, 5.74) is 11.2. The average Bonchev–Trinajstić information content (AvgIpc) is 3.61. The van der Waals surface area contributed by atoms with Crippen LogP contribution in [0.25, 0.3) is 87.6 Å². The predicted octanol–water partition coefficient (Wildman–Crippen LogP) is 13.5. The van der Waals surface area contributed by atoms with Crippen LogP contribution in [0, 0.1) is 0 Å². The van der Waals surface area contributed by atoms with Gasteiger partial charge in [-0.15, -0.1) is 11.3 Å². The fourth-order valence-corrected chi connectivity index (χ4v) is 9.54. The Hall–Kier alpha value is -6.04. The molecule has 0 fully saturated rings. The third kappa shape index (κ3) is 5.91. The molecule has 0 atom stereocenters. The maximum atomic E-state index is 5.32. The number of nitrogens with zero attached hydrogens (tertiary/aromatic N) is 4. The van der Waals surface area contributed by atoms with Crippen molar-refractivity contribution in [2.45, 2.75) is 51.4 Å². The fourth-order valence-electron chi connectivity index (χ4n) is 8.33. The number of aromatic nitrogens is 4. The minimum atomic E-state index is 0.0858. The number of fused-ring (bicyclic) bond motifs is 5. The average molecular weight is 729 g/mol. The number of pyridine rings is 1. The molecule has 5 heteroatoms. The quantitative estimate of drug-likeness (QED) is 0.177. The van der Waals surface area contributed by atoms with Gasteiger partial charge in [-0.1, -0.05) is 131 Å². The van der Waals surface area contributed by atoms with E-state index in [1.165, 1.54) is 43.3 Å². The highest BCUT2D eigenvalue weighted by Crippen LogP contribution is 2.47. The molecule has 0 saturated heterocycles. The summed E-state index contributed by atoms with van der Waals surface area (Å²) < 4.78 is 2.42. The van der Waals surface area contributed by atoms with Crippen LogP contribution < -0.4 is 0 Å². The molecule has 6 aromatic carbocycles. The molecule has 10 rings (SSSR count). The summed E-state index contributed by atoms with van der Waals surface area (Å²) in [6.07, 6.45) is 2.34. The second kappa shape index (κ2) is 12.8. The van der Waals surface area contributed by atoms with Crippen molar-refractivity contribution in [3.63, 3.8) is 0 Å². The molecule has 9 aromatic rings. The number of hydrogen-bond acceptors (Lipinski definition) is 5. The first kappa shape index (κ1) is 33.5. The Labute approximate surface area is 325 Å². The molecule has 0 saturated carbocycles. The molecular formula is C50H40N4S. The number of benzene rings is 6. The van der Waals surface area contributed by atoms with Crippen LogP contribution in [0.4, 0.5) is 0 Å². The van der Waals surface area contributed by atoms with Crippen LogP contribution in [0.3, 0.4) is 0 Å². The van der Waals surface area contributed by atoms with E-state index in [1.807, 2.05) is 24.3 Å². The van der Waals surface area contributed by atoms with E-state index in [0.29, 0.717) is 17.5 Å². The molecule has 0 radical (unpaired) electrons. The van der Waals surface area contributed by atoms with Gasteiger partial charge in [-0.05, 0) is 88.4 Å². The molecule has 0 spiro atoms. The van der Waals surface area contributed by atoms with Crippen molar-refractivity contribution in [2.24, 2.45) is 0 Å². The minimum Gasteiger partial charge on any atom is -0.248 e. The molecule has 0 amide bonds. The molecule has 266 valence electrons. The van der Waals surface area contributed by atoms with Crippen molar-refractivity contribution < 1.29 is 0 Å². The monoisotopic (exact) mass is 728 g/mol. The van der Waals surface area contributed by atoms with Crippen molar-refractivity contribution in [2.75, 3.05) is 0 Å². The molecule has 1 aliphatic carbocycles. The number of para-hydroxylation sites is 1.